The molecule has 0 N–H and O–H groups in total. The van der Waals surface area contributed by atoms with Gasteiger partial charge in [0.2, 0.25) is 0 Å². The highest BCUT2D eigenvalue weighted by atomic mass is 15.0. The first-order valence-electron chi connectivity index (χ1n) is 7.45. The van der Waals surface area contributed by atoms with Gasteiger partial charge in [-0.05, 0) is 37.8 Å². The van der Waals surface area contributed by atoms with Crippen LogP contribution in [0.5, 0.6) is 0 Å². The van der Waals surface area contributed by atoms with E-state index in [0.717, 1.165) is 6.42 Å². The SMILES string of the molecule is CC1=CC[C@](C)(n2ccccccc3ccccc32)C=C1. The molecule has 3 rings (SSSR count). The third kappa shape index (κ3) is 2.78. The third-order valence-electron chi connectivity index (χ3n) is 4.13. The van der Waals surface area contributed by atoms with E-state index in [9.17, 15) is 0 Å². The van der Waals surface area contributed by atoms with Gasteiger partial charge in [-0.25, -0.2) is 0 Å². The summed E-state index contributed by atoms with van der Waals surface area (Å²) in [5.74, 6) is 0. The quantitative estimate of drug-likeness (QED) is 0.658. The minimum Gasteiger partial charge on any atom is -0.338 e. The van der Waals surface area contributed by atoms with Crippen molar-refractivity contribution in [3.8, 4) is 0 Å². The van der Waals surface area contributed by atoms with Gasteiger partial charge in [-0.2, -0.15) is 0 Å². The lowest BCUT2D eigenvalue weighted by molar-refractivity contribution is 0.422. The molecule has 1 atom stereocenters. The van der Waals surface area contributed by atoms with Gasteiger partial charge in [-0.15, -0.1) is 0 Å². The molecule has 0 aliphatic heterocycles. The fourth-order valence-electron chi connectivity index (χ4n) is 2.79. The molecule has 0 amide bonds. The van der Waals surface area contributed by atoms with Crippen molar-refractivity contribution in [3.63, 3.8) is 0 Å². The van der Waals surface area contributed by atoms with Crippen LogP contribution in [0.25, 0.3) is 10.9 Å². The highest BCUT2D eigenvalue weighted by Gasteiger charge is 2.23. The molecule has 1 heterocycles. The van der Waals surface area contributed by atoms with Gasteiger partial charge in [0, 0.05) is 11.7 Å². The van der Waals surface area contributed by atoms with Crippen LogP contribution in [0.2, 0.25) is 0 Å². The van der Waals surface area contributed by atoms with Gasteiger partial charge in [0.15, 0.2) is 0 Å². The Labute approximate surface area is 126 Å². The number of nitrogens with zero attached hydrogens (tertiary/aromatic N) is 1. The summed E-state index contributed by atoms with van der Waals surface area (Å²) in [6, 6.07) is 19.1. The minimum absolute atomic E-state index is 0.0296. The first-order chi connectivity index (χ1) is 10.2. The fraction of sp³-hybridized carbons (Fsp3) is 0.200. The summed E-state index contributed by atoms with van der Waals surface area (Å²) in [5.41, 5.74) is 2.56. The zero-order valence-electron chi connectivity index (χ0n) is 12.7. The molecule has 1 nitrogen and oxygen atoms in total. The van der Waals surface area contributed by atoms with E-state index < -0.39 is 0 Å². The molecule has 0 radical (unpaired) electrons. The number of allylic oxidation sites excluding steroid dienone is 4. The Morgan fingerprint density at radius 3 is 2.43 bits per heavy atom. The summed E-state index contributed by atoms with van der Waals surface area (Å²) in [7, 11) is 0. The molecule has 0 unspecified atom stereocenters. The zero-order valence-corrected chi connectivity index (χ0v) is 12.7. The van der Waals surface area contributed by atoms with E-state index in [1.54, 1.807) is 0 Å². The Bertz CT molecular complexity index is 762. The molecule has 1 aromatic heterocycles. The van der Waals surface area contributed by atoms with Crippen LogP contribution in [-0.2, 0) is 5.54 Å². The van der Waals surface area contributed by atoms with Crippen molar-refractivity contribution in [3.05, 3.63) is 84.6 Å². The van der Waals surface area contributed by atoms with E-state index in [-0.39, 0.29) is 5.54 Å². The maximum absolute atomic E-state index is 2.38. The topological polar surface area (TPSA) is 4.93 Å². The van der Waals surface area contributed by atoms with Crippen molar-refractivity contribution in [1.82, 2.24) is 4.57 Å². The molecule has 1 aromatic carbocycles. The van der Waals surface area contributed by atoms with Crippen LogP contribution in [0.4, 0.5) is 0 Å². The van der Waals surface area contributed by atoms with Crippen molar-refractivity contribution in [1.29, 1.82) is 0 Å². The van der Waals surface area contributed by atoms with Gasteiger partial charge in [-0.3, -0.25) is 0 Å². The molecular weight excluding hydrogens is 254 g/mol. The van der Waals surface area contributed by atoms with Crippen LogP contribution in [0, 0.1) is 0 Å². The number of rotatable bonds is 1. The van der Waals surface area contributed by atoms with Gasteiger partial charge in [0.1, 0.15) is 0 Å². The van der Waals surface area contributed by atoms with E-state index >= 15 is 0 Å². The Hall–Kier alpha value is -2.28. The summed E-state index contributed by atoms with van der Waals surface area (Å²) >= 11 is 0. The average molecular weight is 275 g/mol. The van der Waals surface area contributed by atoms with E-state index in [1.807, 2.05) is 0 Å². The van der Waals surface area contributed by atoms with E-state index in [4.69, 9.17) is 0 Å². The molecule has 2 aromatic rings. The summed E-state index contributed by atoms with van der Waals surface area (Å²) < 4.78 is 2.38. The molecule has 106 valence electrons. The second-order valence-electron chi connectivity index (χ2n) is 5.86. The Morgan fingerprint density at radius 1 is 0.952 bits per heavy atom. The Morgan fingerprint density at radius 2 is 1.67 bits per heavy atom. The standard InChI is InChI=1S/C20H21N/c1-17-12-14-20(2,15-13-17)21-16-8-4-3-5-9-18-10-6-7-11-19(18)21/h3-14,16H,15H2,1-2H3/t20-/m1/s1. The van der Waals surface area contributed by atoms with Crippen molar-refractivity contribution in [2.45, 2.75) is 25.8 Å². The lowest BCUT2D eigenvalue weighted by atomic mass is 9.90. The molecule has 0 spiro atoms. The van der Waals surface area contributed by atoms with Crippen LogP contribution in [0.15, 0.2) is 84.6 Å². The summed E-state index contributed by atoms with van der Waals surface area (Å²) in [6.45, 7) is 4.45. The molecular formula is C20H21N. The number of benzene rings is 1. The zero-order chi connectivity index (χ0) is 14.7. The second kappa shape index (κ2) is 5.61. The Kier molecular flexibility index (Phi) is 3.66. The number of aromatic nitrogens is 1. The van der Waals surface area contributed by atoms with Crippen molar-refractivity contribution < 1.29 is 0 Å². The highest BCUT2D eigenvalue weighted by Crippen LogP contribution is 2.30. The normalized spacial score (nSPS) is 21.0. The summed E-state index contributed by atoms with van der Waals surface area (Å²) in [6.07, 6.45) is 10.0. The first kappa shape index (κ1) is 13.7. The number of hydrogen-bond donors (Lipinski definition) is 0. The summed E-state index contributed by atoms with van der Waals surface area (Å²) in [4.78, 5) is 0. The summed E-state index contributed by atoms with van der Waals surface area (Å²) in [5, 5.41) is 1.25. The third-order valence-corrected chi connectivity index (χ3v) is 4.13. The van der Waals surface area contributed by atoms with Gasteiger partial charge in [-0.1, -0.05) is 66.3 Å². The lowest BCUT2D eigenvalue weighted by Crippen LogP contribution is -2.28. The number of para-hydroxylation sites is 1. The van der Waals surface area contributed by atoms with Gasteiger partial charge in [0.25, 0.3) is 0 Å². The number of fused-ring (bicyclic) bond motifs is 1. The van der Waals surface area contributed by atoms with Crippen molar-refractivity contribution in [2.24, 2.45) is 0 Å². The maximum atomic E-state index is 2.38. The predicted octanol–water partition coefficient (Wildman–Crippen LogP) is 5.39. The molecule has 1 aliphatic rings. The Balaban J connectivity index is 2.30. The molecule has 0 fully saturated rings. The minimum atomic E-state index is -0.0296. The number of hydrogen-bond acceptors (Lipinski definition) is 0. The lowest BCUT2D eigenvalue weighted by Gasteiger charge is -2.32. The predicted molar refractivity (Wildman–Crippen MR) is 90.7 cm³/mol. The van der Waals surface area contributed by atoms with Crippen LogP contribution in [-0.4, -0.2) is 4.57 Å². The van der Waals surface area contributed by atoms with Crippen LogP contribution in [0.1, 0.15) is 20.3 Å². The average Bonchev–Trinajstić information content (AvgIpc) is 2.60. The van der Waals surface area contributed by atoms with Crippen molar-refractivity contribution in [2.75, 3.05) is 0 Å². The molecule has 0 bridgehead atoms. The molecule has 1 heteroatoms. The van der Waals surface area contributed by atoms with E-state index in [0.29, 0.717) is 0 Å². The van der Waals surface area contributed by atoms with Crippen LogP contribution < -0.4 is 0 Å². The van der Waals surface area contributed by atoms with Crippen LogP contribution in [0.3, 0.4) is 0 Å². The highest BCUT2D eigenvalue weighted by molar-refractivity contribution is 5.78. The molecule has 21 heavy (non-hydrogen) atoms. The van der Waals surface area contributed by atoms with Gasteiger partial charge >= 0.3 is 0 Å². The monoisotopic (exact) mass is 275 g/mol. The first-order valence-corrected chi connectivity index (χ1v) is 7.45. The smallest absolute Gasteiger partial charge is 0.0637 e. The largest absolute Gasteiger partial charge is 0.338 e. The van der Waals surface area contributed by atoms with E-state index in [2.05, 4.69) is 97.4 Å². The van der Waals surface area contributed by atoms with Gasteiger partial charge in [0.05, 0.1) is 5.54 Å². The second-order valence-corrected chi connectivity index (χ2v) is 5.86. The molecule has 0 saturated heterocycles. The van der Waals surface area contributed by atoms with Crippen LogP contribution >= 0.6 is 0 Å². The van der Waals surface area contributed by atoms with Gasteiger partial charge < -0.3 is 4.57 Å². The molecule has 1 aliphatic carbocycles. The maximum Gasteiger partial charge on any atom is 0.0637 e. The van der Waals surface area contributed by atoms with Crippen molar-refractivity contribution >= 4 is 10.9 Å². The van der Waals surface area contributed by atoms with E-state index in [1.165, 1.54) is 16.5 Å². The molecule has 0 saturated carbocycles. The fourth-order valence-corrected chi connectivity index (χ4v) is 2.79.